The summed E-state index contributed by atoms with van der Waals surface area (Å²) in [7, 11) is 0. The maximum atomic E-state index is 5.38. The minimum Gasteiger partial charge on any atom is -0.271 e. The van der Waals surface area contributed by atoms with Gasteiger partial charge < -0.3 is 0 Å². The van der Waals surface area contributed by atoms with Crippen LogP contribution in [-0.2, 0) is 0 Å². The molecule has 2 heteroatoms. The highest BCUT2D eigenvalue weighted by Gasteiger charge is 2.15. The Morgan fingerprint density at radius 1 is 1.42 bits per heavy atom. The van der Waals surface area contributed by atoms with Crippen molar-refractivity contribution in [1.29, 1.82) is 0 Å². The zero-order chi connectivity index (χ0) is 8.81. The van der Waals surface area contributed by atoms with E-state index in [1.54, 1.807) is 0 Å². The van der Waals surface area contributed by atoms with E-state index < -0.39 is 0 Å². The molecule has 1 saturated carbocycles. The molecule has 12 heavy (non-hydrogen) atoms. The number of nitrogens with two attached hydrogens (primary N) is 1. The number of nitrogens with one attached hydrogen (secondary N) is 1. The summed E-state index contributed by atoms with van der Waals surface area (Å²) < 4.78 is 0. The lowest BCUT2D eigenvalue weighted by molar-refractivity contribution is 0.316. The van der Waals surface area contributed by atoms with Crippen LogP contribution in [0, 0.1) is 5.92 Å². The van der Waals surface area contributed by atoms with Crippen LogP contribution in [0.2, 0.25) is 0 Å². The molecule has 1 rings (SSSR count). The number of rotatable bonds is 4. The van der Waals surface area contributed by atoms with Crippen LogP contribution in [0.15, 0.2) is 12.7 Å². The predicted octanol–water partition coefficient (Wildman–Crippen LogP) is 1.97. The quantitative estimate of drug-likeness (QED) is 0.382. The van der Waals surface area contributed by atoms with Crippen molar-refractivity contribution in [3.8, 4) is 0 Å². The molecule has 0 heterocycles. The van der Waals surface area contributed by atoms with E-state index in [1.165, 1.54) is 38.5 Å². The molecule has 0 saturated heterocycles. The fourth-order valence-electron chi connectivity index (χ4n) is 2.01. The van der Waals surface area contributed by atoms with Crippen LogP contribution in [0.1, 0.15) is 38.5 Å². The van der Waals surface area contributed by atoms with Gasteiger partial charge >= 0.3 is 0 Å². The van der Waals surface area contributed by atoms with Gasteiger partial charge in [0, 0.05) is 6.04 Å². The average molecular weight is 168 g/mol. The molecule has 0 aromatic carbocycles. The zero-order valence-corrected chi connectivity index (χ0v) is 7.76. The Labute approximate surface area is 75.2 Å². The maximum Gasteiger partial charge on any atom is 0.0390 e. The molecule has 1 unspecified atom stereocenters. The molecule has 1 aliphatic carbocycles. The van der Waals surface area contributed by atoms with E-state index in [-0.39, 0.29) is 0 Å². The summed E-state index contributed by atoms with van der Waals surface area (Å²) in [6.45, 7) is 3.75. The molecule has 1 fully saturated rings. The van der Waals surface area contributed by atoms with Gasteiger partial charge in [-0.1, -0.05) is 38.2 Å². The Bertz CT molecular complexity index is 128. The third-order valence-electron chi connectivity index (χ3n) is 2.81. The maximum absolute atomic E-state index is 5.38. The van der Waals surface area contributed by atoms with Crippen molar-refractivity contribution in [2.75, 3.05) is 0 Å². The number of hydrogen-bond acceptors (Lipinski definition) is 2. The summed E-state index contributed by atoms with van der Waals surface area (Å²) in [6.07, 6.45) is 10.1. The number of hydrazine groups is 1. The molecule has 0 radical (unpaired) electrons. The van der Waals surface area contributed by atoms with E-state index in [9.17, 15) is 0 Å². The Hall–Kier alpha value is -0.340. The molecule has 0 aromatic rings. The second kappa shape index (κ2) is 5.33. The fraction of sp³-hybridized carbons (Fsp3) is 0.800. The zero-order valence-electron chi connectivity index (χ0n) is 7.76. The second-order valence-corrected chi connectivity index (χ2v) is 3.75. The molecule has 0 aliphatic heterocycles. The minimum atomic E-state index is 0.313. The van der Waals surface area contributed by atoms with Crippen LogP contribution < -0.4 is 11.3 Å². The highest BCUT2D eigenvalue weighted by Crippen LogP contribution is 2.27. The number of hydrogen-bond donors (Lipinski definition) is 2. The van der Waals surface area contributed by atoms with Crippen molar-refractivity contribution in [2.45, 2.75) is 44.6 Å². The van der Waals surface area contributed by atoms with Crippen LogP contribution in [0.5, 0.6) is 0 Å². The summed E-state index contributed by atoms with van der Waals surface area (Å²) in [5.74, 6) is 6.25. The molecule has 1 aliphatic rings. The highest BCUT2D eigenvalue weighted by molar-refractivity contribution is 4.86. The molecule has 0 bridgehead atoms. The predicted molar refractivity (Wildman–Crippen MR) is 52.5 cm³/mol. The Balaban J connectivity index is 2.22. The van der Waals surface area contributed by atoms with Crippen molar-refractivity contribution < 1.29 is 0 Å². The lowest BCUT2D eigenvalue weighted by Gasteiger charge is -2.24. The van der Waals surface area contributed by atoms with Gasteiger partial charge in [0.05, 0.1) is 0 Å². The topological polar surface area (TPSA) is 38.0 Å². The van der Waals surface area contributed by atoms with E-state index in [0.717, 1.165) is 5.92 Å². The van der Waals surface area contributed by atoms with E-state index in [2.05, 4.69) is 12.0 Å². The lowest BCUT2D eigenvalue weighted by Crippen LogP contribution is -2.35. The first kappa shape index (κ1) is 9.75. The summed E-state index contributed by atoms with van der Waals surface area (Å²) in [6, 6.07) is 0.313. The van der Waals surface area contributed by atoms with Gasteiger partial charge in [0.1, 0.15) is 0 Å². The van der Waals surface area contributed by atoms with Gasteiger partial charge in [0.25, 0.3) is 0 Å². The Kier molecular flexibility index (Phi) is 4.33. The average Bonchev–Trinajstić information content (AvgIpc) is 2.16. The monoisotopic (exact) mass is 168 g/mol. The normalized spacial score (nSPS) is 22.1. The smallest absolute Gasteiger partial charge is 0.0390 e. The Morgan fingerprint density at radius 2 is 2.08 bits per heavy atom. The van der Waals surface area contributed by atoms with Gasteiger partial charge in [0.2, 0.25) is 0 Å². The molecular formula is C10H20N2. The van der Waals surface area contributed by atoms with Crippen molar-refractivity contribution >= 4 is 0 Å². The van der Waals surface area contributed by atoms with Crippen LogP contribution >= 0.6 is 0 Å². The summed E-state index contributed by atoms with van der Waals surface area (Å²) in [4.78, 5) is 0. The second-order valence-electron chi connectivity index (χ2n) is 3.75. The highest BCUT2D eigenvalue weighted by atomic mass is 15.2. The van der Waals surface area contributed by atoms with Crippen LogP contribution in [0.25, 0.3) is 0 Å². The van der Waals surface area contributed by atoms with Gasteiger partial charge in [0.15, 0.2) is 0 Å². The van der Waals surface area contributed by atoms with Crippen LogP contribution in [0.3, 0.4) is 0 Å². The molecule has 0 amide bonds. The summed E-state index contributed by atoms with van der Waals surface area (Å²) in [5, 5.41) is 0. The van der Waals surface area contributed by atoms with Crippen LogP contribution in [-0.4, -0.2) is 6.04 Å². The SMILES string of the molecule is C=CC(CC1CCCCC1)NN. The minimum absolute atomic E-state index is 0.313. The first-order chi connectivity index (χ1) is 5.86. The third kappa shape index (κ3) is 2.95. The molecule has 0 aromatic heterocycles. The summed E-state index contributed by atoms with van der Waals surface area (Å²) in [5.41, 5.74) is 2.78. The van der Waals surface area contributed by atoms with Gasteiger partial charge in [-0.05, 0) is 12.3 Å². The van der Waals surface area contributed by atoms with E-state index >= 15 is 0 Å². The van der Waals surface area contributed by atoms with Gasteiger partial charge in [-0.25, -0.2) is 0 Å². The van der Waals surface area contributed by atoms with Crippen molar-refractivity contribution in [3.05, 3.63) is 12.7 Å². The molecule has 1 atom stereocenters. The first-order valence-corrected chi connectivity index (χ1v) is 4.95. The van der Waals surface area contributed by atoms with Gasteiger partial charge in [-0.3, -0.25) is 11.3 Å². The largest absolute Gasteiger partial charge is 0.271 e. The molecule has 3 N–H and O–H groups in total. The standard InChI is InChI=1S/C10H20N2/c1-2-10(12-11)8-9-6-4-3-5-7-9/h2,9-10,12H,1,3-8,11H2. The first-order valence-electron chi connectivity index (χ1n) is 4.95. The van der Waals surface area contributed by atoms with Crippen molar-refractivity contribution in [2.24, 2.45) is 11.8 Å². The van der Waals surface area contributed by atoms with E-state index in [1.807, 2.05) is 6.08 Å². The third-order valence-corrected chi connectivity index (χ3v) is 2.81. The molecule has 70 valence electrons. The van der Waals surface area contributed by atoms with E-state index in [0.29, 0.717) is 6.04 Å². The van der Waals surface area contributed by atoms with Gasteiger partial charge in [-0.15, -0.1) is 6.58 Å². The molecular weight excluding hydrogens is 148 g/mol. The van der Waals surface area contributed by atoms with E-state index in [4.69, 9.17) is 5.84 Å². The fourth-order valence-corrected chi connectivity index (χ4v) is 2.01. The van der Waals surface area contributed by atoms with Gasteiger partial charge in [-0.2, -0.15) is 0 Å². The summed E-state index contributed by atoms with van der Waals surface area (Å²) >= 11 is 0. The molecule has 2 nitrogen and oxygen atoms in total. The van der Waals surface area contributed by atoms with Crippen molar-refractivity contribution in [1.82, 2.24) is 5.43 Å². The van der Waals surface area contributed by atoms with Crippen LogP contribution in [0.4, 0.5) is 0 Å². The lowest BCUT2D eigenvalue weighted by atomic mass is 9.85. The Morgan fingerprint density at radius 3 is 2.58 bits per heavy atom. The van der Waals surface area contributed by atoms with Crippen molar-refractivity contribution in [3.63, 3.8) is 0 Å². The molecule has 0 spiro atoms.